The third kappa shape index (κ3) is 2.72. The van der Waals surface area contributed by atoms with Crippen molar-refractivity contribution in [1.82, 2.24) is 0 Å². The third-order valence-electron chi connectivity index (χ3n) is 2.78. The van der Waals surface area contributed by atoms with Crippen LogP contribution in [0.5, 0.6) is 0 Å². The van der Waals surface area contributed by atoms with Gasteiger partial charge in [0.05, 0.1) is 6.61 Å². The summed E-state index contributed by atoms with van der Waals surface area (Å²) in [5.41, 5.74) is 0.879. The van der Waals surface area contributed by atoms with E-state index in [1.807, 2.05) is 24.3 Å². The van der Waals surface area contributed by atoms with Crippen molar-refractivity contribution in [1.29, 1.82) is 0 Å². The van der Waals surface area contributed by atoms with Gasteiger partial charge in [-0.15, -0.1) is 0 Å². The molecule has 2 rings (SSSR count). The molecule has 1 saturated heterocycles. The van der Waals surface area contributed by atoms with Gasteiger partial charge in [0.2, 0.25) is 0 Å². The average molecular weight is 313 g/mol. The van der Waals surface area contributed by atoms with E-state index in [9.17, 15) is 9.59 Å². The van der Waals surface area contributed by atoms with Gasteiger partial charge in [-0.3, -0.25) is 9.59 Å². The molecule has 0 bridgehead atoms. The van der Waals surface area contributed by atoms with E-state index in [4.69, 9.17) is 9.47 Å². The SMILES string of the molecule is CCOC(=O)C1CC(c2cccc(Br)c2)OC1=O. The van der Waals surface area contributed by atoms with Crippen LogP contribution in [-0.2, 0) is 19.1 Å². The summed E-state index contributed by atoms with van der Waals surface area (Å²) in [6.45, 7) is 1.98. The van der Waals surface area contributed by atoms with Crippen LogP contribution in [-0.4, -0.2) is 18.5 Å². The monoisotopic (exact) mass is 312 g/mol. The van der Waals surface area contributed by atoms with Gasteiger partial charge in [-0.2, -0.15) is 0 Å². The fraction of sp³-hybridized carbons (Fsp3) is 0.385. The quantitative estimate of drug-likeness (QED) is 0.636. The Hall–Kier alpha value is -1.36. The van der Waals surface area contributed by atoms with Gasteiger partial charge in [-0.05, 0) is 24.6 Å². The first kappa shape index (κ1) is 13.1. The van der Waals surface area contributed by atoms with Crippen molar-refractivity contribution in [2.24, 2.45) is 5.92 Å². The van der Waals surface area contributed by atoms with Gasteiger partial charge in [0.25, 0.3) is 0 Å². The fourth-order valence-corrected chi connectivity index (χ4v) is 2.34. The maximum absolute atomic E-state index is 11.6. The number of carbonyl (C=O) groups is 2. The van der Waals surface area contributed by atoms with E-state index in [1.165, 1.54) is 0 Å². The number of hydrogen-bond acceptors (Lipinski definition) is 4. The molecule has 4 nitrogen and oxygen atoms in total. The summed E-state index contributed by atoms with van der Waals surface area (Å²) < 4.78 is 11.0. The minimum absolute atomic E-state index is 0.268. The van der Waals surface area contributed by atoms with Crippen LogP contribution in [0.3, 0.4) is 0 Å². The minimum Gasteiger partial charge on any atom is -0.465 e. The zero-order chi connectivity index (χ0) is 13.1. The van der Waals surface area contributed by atoms with E-state index in [2.05, 4.69) is 15.9 Å². The lowest BCUT2D eigenvalue weighted by Crippen LogP contribution is -2.21. The number of cyclic esters (lactones) is 1. The number of carbonyl (C=O) groups excluding carboxylic acids is 2. The molecule has 0 radical (unpaired) electrons. The summed E-state index contributed by atoms with van der Waals surface area (Å²) in [4.78, 5) is 23.2. The molecule has 1 aliphatic heterocycles. The summed E-state index contributed by atoms with van der Waals surface area (Å²) in [7, 11) is 0. The maximum atomic E-state index is 11.6. The van der Waals surface area contributed by atoms with E-state index in [-0.39, 0.29) is 12.7 Å². The molecule has 0 aliphatic carbocycles. The van der Waals surface area contributed by atoms with Gasteiger partial charge in [0, 0.05) is 10.9 Å². The zero-order valence-corrected chi connectivity index (χ0v) is 11.5. The molecule has 0 amide bonds. The van der Waals surface area contributed by atoms with E-state index in [1.54, 1.807) is 6.92 Å². The minimum atomic E-state index is -0.797. The van der Waals surface area contributed by atoms with Gasteiger partial charge in [0.1, 0.15) is 6.10 Å². The van der Waals surface area contributed by atoms with Crippen LogP contribution in [0, 0.1) is 5.92 Å². The van der Waals surface area contributed by atoms with Gasteiger partial charge in [-0.1, -0.05) is 28.1 Å². The third-order valence-corrected chi connectivity index (χ3v) is 3.28. The Balaban J connectivity index is 2.11. The lowest BCUT2D eigenvalue weighted by atomic mass is 10.0. The van der Waals surface area contributed by atoms with Crippen molar-refractivity contribution in [3.05, 3.63) is 34.3 Å². The van der Waals surface area contributed by atoms with Crippen molar-refractivity contribution in [3.63, 3.8) is 0 Å². The molecule has 0 spiro atoms. The normalized spacial score (nSPS) is 22.7. The number of rotatable bonds is 3. The van der Waals surface area contributed by atoms with Crippen LogP contribution in [0.25, 0.3) is 0 Å². The number of benzene rings is 1. The molecule has 0 saturated carbocycles. The predicted molar refractivity (Wildman–Crippen MR) is 67.7 cm³/mol. The number of esters is 2. The molecule has 1 aromatic carbocycles. The Morgan fingerprint density at radius 2 is 2.33 bits per heavy atom. The van der Waals surface area contributed by atoms with E-state index < -0.39 is 17.9 Å². The first-order valence-corrected chi connectivity index (χ1v) is 6.53. The lowest BCUT2D eigenvalue weighted by Gasteiger charge is -2.09. The number of hydrogen-bond donors (Lipinski definition) is 0. The topological polar surface area (TPSA) is 52.6 Å². The second kappa shape index (κ2) is 5.52. The Bertz CT molecular complexity index is 472. The van der Waals surface area contributed by atoms with E-state index >= 15 is 0 Å². The smallest absolute Gasteiger partial charge is 0.321 e. The van der Waals surface area contributed by atoms with Crippen molar-refractivity contribution in [2.45, 2.75) is 19.4 Å². The van der Waals surface area contributed by atoms with Crippen LogP contribution in [0.4, 0.5) is 0 Å². The fourth-order valence-electron chi connectivity index (χ4n) is 1.93. The summed E-state index contributed by atoms with van der Waals surface area (Å²) in [6.07, 6.45) is -0.0295. The molecule has 5 heteroatoms. The molecule has 1 fully saturated rings. The van der Waals surface area contributed by atoms with Crippen LogP contribution < -0.4 is 0 Å². The van der Waals surface area contributed by atoms with Gasteiger partial charge >= 0.3 is 11.9 Å². The second-order valence-corrected chi connectivity index (χ2v) is 4.94. The van der Waals surface area contributed by atoms with Crippen molar-refractivity contribution in [3.8, 4) is 0 Å². The number of ether oxygens (including phenoxy) is 2. The molecular formula is C13H13BrO4. The second-order valence-electron chi connectivity index (χ2n) is 4.02. The molecule has 2 unspecified atom stereocenters. The summed E-state index contributed by atoms with van der Waals surface area (Å²) in [5.74, 6) is -1.80. The highest BCUT2D eigenvalue weighted by Crippen LogP contribution is 2.34. The Labute approximate surface area is 113 Å². The largest absolute Gasteiger partial charge is 0.465 e. The highest BCUT2D eigenvalue weighted by molar-refractivity contribution is 9.10. The molecule has 96 valence electrons. The molecule has 0 N–H and O–H groups in total. The molecule has 0 aromatic heterocycles. The van der Waals surface area contributed by atoms with Gasteiger partial charge in [-0.25, -0.2) is 0 Å². The van der Waals surface area contributed by atoms with Crippen molar-refractivity contribution < 1.29 is 19.1 Å². The van der Waals surface area contributed by atoms with Crippen LogP contribution in [0.2, 0.25) is 0 Å². The highest BCUT2D eigenvalue weighted by atomic mass is 79.9. The first-order valence-electron chi connectivity index (χ1n) is 5.74. The lowest BCUT2D eigenvalue weighted by molar-refractivity contribution is -0.156. The summed E-state index contributed by atoms with van der Waals surface area (Å²) in [6, 6.07) is 7.51. The van der Waals surface area contributed by atoms with Crippen LogP contribution >= 0.6 is 15.9 Å². The highest BCUT2D eigenvalue weighted by Gasteiger charge is 2.41. The Morgan fingerprint density at radius 1 is 1.56 bits per heavy atom. The van der Waals surface area contributed by atoms with Crippen LogP contribution in [0.1, 0.15) is 25.0 Å². The van der Waals surface area contributed by atoms with Crippen molar-refractivity contribution >= 4 is 27.9 Å². The average Bonchev–Trinajstić information content (AvgIpc) is 2.72. The maximum Gasteiger partial charge on any atom is 0.321 e. The van der Waals surface area contributed by atoms with Gasteiger partial charge < -0.3 is 9.47 Å². The molecule has 1 aliphatic rings. The Kier molecular flexibility index (Phi) is 4.01. The summed E-state index contributed by atoms with van der Waals surface area (Å²) in [5, 5.41) is 0. The van der Waals surface area contributed by atoms with Crippen LogP contribution in [0.15, 0.2) is 28.7 Å². The molecular weight excluding hydrogens is 300 g/mol. The standard InChI is InChI=1S/C13H13BrO4/c1-2-17-12(15)10-7-11(18-13(10)16)8-4-3-5-9(14)6-8/h3-6,10-11H,2,7H2,1H3. The molecule has 1 heterocycles. The van der Waals surface area contributed by atoms with E-state index in [0.717, 1.165) is 10.0 Å². The predicted octanol–water partition coefficient (Wildman–Crippen LogP) is 2.62. The van der Waals surface area contributed by atoms with Gasteiger partial charge in [0.15, 0.2) is 5.92 Å². The summed E-state index contributed by atoms with van der Waals surface area (Å²) >= 11 is 3.36. The first-order chi connectivity index (χ1) is 8.61. The van der Waals surface area contributed by atoms with E-state index in [0.29, 0.717) is 6.42 Å². The molecule has 1 aromatic rings. The van der Waals surface area contributed by atoms with Crippen molar-refractivity contribution in [2.75, 3.05) is 6.61 Å². The number of halogens is 1. The molecule has 2 atom stereocenters. The Morgan fingerprint density at radius 3 is 3.00 bits per heavy atom. The zero-order valence-electron chi connectivity index (χ0n) is 9.89. The molecule has 18 heavy (non-hydrogen) atoms.